The third-order valence-corrected chi connectivity index (χ3v) is 8.99. The number of carbonyl (C=O) groups is 1. The van der Waals surface area contributed by atoms with Crippen molar-refractivity contribution in [3.05, 3.63) is 64.4 Å². The van der Waals surface area contributed by atoms with Crippen molar-refractivity contribution in [2.24, 2.45) is 0 Å². The second-order valence-electron chi connectivity index (χ2n) is 6.89. The molecule has 1 unspecified atom stereocenters. The summed E-state index contributed by atoms with van der Waals surface area (Å²) in [6.07, 6.45) is 0. The summed E-state index contributed by atoms with van der Waals surface area (Å²) in [6.45, 7) is 2.88. The first kappa shape index (κ1) is 20.4. The Labute approximate surface area is 179 Å². The van der Waals surface area contributed by atoms with Crippen molar-refractivity contribution >= 4 is 49.8 Å². The third kappa shape index (κ3) is 4.07. The fourth-order valence-corrected chi connectivity index (χ4v) is 7.44. The van der Waals surface area contributed by atoms with Crippen molar-refractivity contribution in [3.8, 4) is 0 Å². The number of thiophene rings is 1. The van der Waals surface area contributed by atoms with Gasteiger partial charge in [-0.05, 0) is 34.7 Å². The van der Waals surface area contributed by atoms with Gasteiger partial charge >= 0.3 is 0 Å². The first-order chi connectivity index (χ1) is 14.0. The summed E-state index contributed by atoms with van der Waals surface area (Å²) in [7, 11) is -3.66. The van der Waals surface area contributed by atoms with E-state index in [0.29, 0.717) is 13.1 Å². The molecule has 4 rings (SSSR count). The first-order valence-electron chi connectivity index (χ1n) is 9.42. The van der Waals surface area contributed by atoms with E-state index in [4.69, 9.17) is 0 Å². The molecule has 8 heteroatoms. The SMILES string of the molecule is CC(NC(=O)c1sccc1S(=O)(=O)N1CCSCC1)c1cccc2ccccc12. The highest BCUT2D eigenvalue weighted by molar-refractivity contribution is 7.99. The molecule has 1 atom stereocenters. The number of rotatable bonds is 5. The summed E-state index contributed by atoms with van der Waals surface area (Å²) >= 11 is 2.91. The van der Waals surface area contributed by atoms with Crippen molar-refractivity contribution in [3.63, 3.8) is 0 Å². The van der Waals surface area contributed by atoms with Crippen LogP contribution in [0.2, 0.25) is 0 Å². The Morgan fingerprint density at radius 2 is 1.79 bits per heavy atom. The van der Waals surface area contributed by atoms with Gasteiger partial charge in [-0.15, -0.1) is 11.3 Å². The van der Waals surface area contributed by atoms with E-state index in [1.54, 1.807) is 23.2 Å². The van der Waals surface area contributed by atoms with Crippen LogP contribution in [0.15, 0.2) is 58.8 Å². The molecule has 1 amide bonds. The third-order valence-electron chi connectivity index (χ3n) is 5.06. The number of sulfonamides is 1. The van der Waals surface area contributed by atoms with Crippen LogP contribution < -0.4 is 5.32 Å². The van der Waals surface area contributed by atoms with Gasteiger partial charge in [0.1, 0.15) is 9.77 Å². The van der Waals surface area contributed by atoms with Crippen LogP contribution in [-0.4, -0.2) is 43.2 Å². The Balaban J connectivity index is 1.59. The van der Waals surface area contributed by atoms with Crippen LogP contribution in [0.3, 0.4) is 0 Å². The van der Waals surface area contributed by atoms with Crippen LogP contribution in [-0.2, 0) is 10.0 Å². The van der Waals surface area contributed by atoms with Crippen LogP contribution >= 0.6 is 23.1 Å². The van der Waals surface area contributed by atoms with Crippen LogP contribution in [0, 0.1) is 0 Å². The predicted molar refractivity (Wildman–Crippen MR) is 120 cm³/mol. The van der Waals surface area contributed by atoms with E-state index in [1.807, 2.05) is 49.4 Å². The molecular formula is C21H22N2O3S3. The fraction of sp³-hybridized carbons (Fsp3) is 0.286. The van der Waals surface area contributed by atoms with E-state index in [9.17, 15) is 13.2 Å². The first-order valence-corrected chi connectivity index (χ1v) is 12.9. The van der Waals surface area contributed by atoms with Crippen LogP contribution in [0.25, 0.3) is 10.8 Å². The highest BCUT2D eigenvalue weighted by atomic mass is 32.2. The van der Waals surface area contributed by atoms with Gasteiger partial charge < -0.3 is 5.32 Å². The lowest BCUT2D eigenvalue weighted by Crippen LogP contribution is -2.38. The molecule has 152 valence electrons. The maximum atomic E-state index is 13.0. The van der Waals surface area contributed by atoms with E-state index in [2.05, 4.69) is 5.32 Å². The van der Waals surface area contributed by atoms with Crippen LogP contribution in [0.5, 0.6) is 0 Å². The number of hydrogen-bond donors (Lipinski definition) is 1. The Kier molecular flexibility index (Phi) is 5.96. The number of amides is 1. The Bertz CT molecular complexity index is 1130. The number of carbonyl (C=O) groups excluding carboxylic acids is 1. The second-order valence-corrected chi connectivity index (χ2v) is 10.9. The minimum atomic E-state index is -3.66. The summed E-state index contributed by atoms with van der Waals surface area (Å²) in [5.74, 6) is 1.21. The normalized spacial score (nSPS) is 16.6. The summed E-state index contributed by atoms with van der Waals surface area (Å²) in [4.78, 5) is 13.3. The zero-order valence-corrected chi connectivity index (χ0v) is 18.4. The zero-order valence-electron chi connectivity index (χ0n) is 16.0. The molecule has 1 N–H and O–H groups in total. The van der Waals surface area contributed by atoms with E-state index >= 15 is 0 Å². The van der Waals surface area contributed by atoms with Crippen molar-refractivity contribution in [2.75, 3.05) is 24.6 Å². The molecule has 0 spiro atoms. The monoisotopic (exact) mass is 446 g/mol. The lowest BCUT2D eigenvalue weighted by Gasteiger charge is -2.25. The van der Waals surface area contributed by atoms with E-state index in [-0.39, 0.29) is 21.7 Å². The number of hydrogen-bond acceptors (Lipinski definition) is 5. The minimum Gasteiger partial charge on any atom is -0.345 e. The molecule has 1 aromatic heterocycles. The fourth-order valence-electron chi connectivity index (χ4n) is 3.56. The molecule has 1 aliphatic heterocycles. The molecule has 2 heterocycles. The number of nitrogens with zero attached hydrogens (tertiary/aromatic N) is 1. The molecule has 29 heavy (non-hydrogen) atoms. The molecule has 1 fully saturated rings. The van der Waals surface area contributed by atoms with Gasteiger partial charge in [-0.1, -0.05) is 42.5 Å². The van der Waals surface area contributed by atoms with Gasteiger partial charge in [0.25, 0.3) is 5.91 Å². The Hall–Kier alpha value is -1.87. The molecular weight excluding hydrogens is 424 g/mol. The maximum Gasteiger partial charge on any atom is 0.263 e. The molecule has 3 aromatic rings. The largest absolute Gasteiger partial charge is 0.345 e. The predicted octanol–water partition coefficient (Wildman–Crippen LogP) is 4.13. The molecule has 2 aromatic carbocycles. The van der Waals surface area contributed by atoms with Crippen LogP contribution in [0.4, 0.5) is 0 Å². The molecule has 1 aliphatic rings. The number of fused-ring (bicyclic) bond motifs is 1. The van der Waals surface area contributed by atoms with Gasteiger partial charge in [0.2, 0.25) is 10.0 Å². The summed E-state index contributed by atoms with van der Waals surface area (Å²) in [6, 6.07) is 15.3. The van der Waals surface area contributed by atoms with Crippen molar-refractivity contribution < 1.29 is 13.2 Å². The average molecular weight is 447 g/mol. The molecule has 0 bridgehead atoms. The Morgan fingerprint density at radius 1 is 1.07 bits per heavy atom. The van der Waals surface area contributed by atoms with Crippen molar-refractivity contribution in [1.29, 1.82) is 0 Å². The summed E-state index contributed by atoms with van der Waals surface area (Å²) in [5.41, 5.74) is 1.01. The molecule has 0 radical (unpaired) electrons. The maximum absolute atomic E-state index is 13.0. The zero-order chi connectivity index (χ0) is 20.4. The van der Waals surface area contributed by atoms with Crippen LogP contribution in [0.1, 0.15) is 28.2 Å². The molecule has 0 aliphatic carbocycles. The Morgan fingerprint density at radius 3 is 2.59 bits per heavy atom. The lowest BCUT2D eigenvalue weighted by molar-refractivity contribution is 0.0941. The highest BCUT2D eigenvalue weighted by Gasteiger charge is 2.31. The molecule has 5 nitrogen and oxygen atoms in total. The van der Waals surface area contributed by atoms with Gasteiger partial charge in [-0.2, -0.15) is 16.1 Å². The summed E-state index contributed by atoms with van der Waals surface area (Å²) < 4.78 is 27.6. The average Bonchev–Trinajstić information content (AvgIpc) is 3.25. The minimum absolute atomic E-state index is 0.108. The van der Waals surface area contributed by atoms with E-state index in [0.717, 1.165) is 27.8 Å². The van der Waals surface area contributed by atoms with Gasteiger partial charge in [0.15, 0.2) is 0 Å². The van der Waals surface area contributed by atoms with Gasteiger partial charge in [0, 0.05) is 24.6 Å². The second kappa shape index (κ2) is 8.47. The van der Waals surface area contributed by atoms with Crippen molar-refractivity contribution in [1.82, 2.24) is 9.62 Å². The quantitative estimate of drug-likeness (QED) is 0.640. The van der Waals surface area contributed by atoms with E-state index < -0.39 is 10.0 Å². The highest BCUT2D eigenvalue weighted by Crippen LogP contribution is 2.29. The smallest absolute Gasteiger partial charge is 0.263 e. The molecule has 0 saturated carbocycles. The number of benzene rings is 2. The lowest BCUT2D eigenvalue weighted by atomic mass is 10.00. The number of thioether (sulfide) groups is 1. The van der Waals surface area contributed by atoms with Gasteiger partial charge in [0.05, 0.1) is 6.04 Å². The summed E-state index contributed by atoms with van der Waals surface area (Å²) in [5, 5.41) is 6.84. The van der Waals surface area contributed by atoms with E-state index in [1.165, 1.54) is 15.6 Å². The number of nitrogens with one attached hydrogen (secondary N) is 1. The van der Waals surface area contributed by atoms with Gasteiger partial charge in [-0.25, -0.2) is 8.42 Å². The van der Waals surface area contributed by atoms with Gasteiger partial charge in [-0.3, -0.25) is 4.79 Å². The van der Waals surface area contributed by atoms with Crippen molar-refractivity contribution in [2.45, 2.75) is 17.9 Å². The standard InChI is InChI=1S/C21H22N2O3S3/c1-15(17-8-4-6-16-5-2-3-7-18(16)17)22-21(24)20-19(9-12-28-20)29(25,26)23-10-13-27-14-11-23/h2-9,12,15H,10-11,13-14H2,1H3,(H,22,24). The topological polar surface area (TPSA) is 66.5 Å². The molecule has 1 saturated heterocycles.